The van der Waals surface area contributed by atoms with Gasteiger partial charge >= 0.3 is 0 Å². The SMILES string of the molecule is CS(=O)(=O)N[C@H]1CC[C@](Cc2c(F)ccc(-c3ccccc3OCc3ccccc3)c2F)(C(N)=O)C1. The highest BCUT2D eigenvalue weighted by atomic mass is 32.2. The van der Waals surface area contributed by atoms with Gasteiger partial charge in [-0.1, -0.05) is 48.5 Å². The van der Waals surface area contributed by atoms with Crippen LogP contribution in [-0.4, -0.2) is 26.6 Å². The van der Waals surface area contributed by atoms with Gasteiger partial charge in [0, 0.05) is 22.7 Å². The van der Waals surface area contributed by atoms with Gasteiger partial charge in [-0.15, -0.1) is 0 Å². The summed E-state index contributed by atoms with van der Waals surface area (Å²) in [6.07, 6.45) is 1.37. The molecule has 3 aromatic carbocycles. The molecule has 3 aromatic rings. The first-order valence-electron chi connectivity index (χ1n) is 11.6. The maximum absolute atomic E-state index is 15.9. The number of amides is 1. The van der Waals surface area contributed by atoms with E-state index in [-0.39, 0.29) is 37.0 Å². The van der Waals surface area contributed by atoms with Gasteiger partial charge in [0.1, 0.15) is 24.0 Å². The molecule has 1 fully saturated rings. The van der Waals surface area contributed by atoms with Crippen LogP contribution in [0.2, 0.25) is 0 Å². The molecular formula is C27H28F2N2O4S. The van der Waals surface area contributed by atoms with Gasteiger partial charge in [-0.3, -0.25) is 4.79 Å². The second-order valence-electron chi connectivity index (χ2n) is 9.31. The second kappa shape index (κ2) is 10.4. The van der Waals surface area contributed by atoms with Crippen LogP contribution in [0.25, 0.3) is 11.1 Å². The van der Waals surface area contributed by atoms with Crippen molar-refractivity contribution in [3.63, 3.8) is 0 Å². The lowest BCUT2D eigenvalue weighted by Crippen LogP contribution is -2.40. The minimum Gasteiger partial charge on any atom is -0.488 e. The Morgan fingerprint density at radius 3 is 2.44 bits per heavy atom. The van der Waals surface area contributed by atoms with Crippen molar-refractivity contribution in [3.8, 4) is 16.9 Å². The summed E-state index contributed by atoms with van der Waals surface area (Å²) in [6.45, 7) is 0.271. The molecule has 4 rings (SSSR count). The number of carbonyl (C=O) groups excluding carboxylic acids is 1. The van der Waals surface area contributed by atoms with Crippen molar-refractivity contribution in [1.82, 2.24) is 4.72 Å². The number of hydrogen-bond acceptors (Lipinski definition) is 4. The van der Waals surface area contributed by atoms with E-state index in [1.165, 1.54) is 6.07 Å². The van der Waals surface area contributed by atoms with E-state index in [9.17, 15) is 17.6 Å². The average molecular weight is 515 g/mol. The summed E-state index contributed by atoms with van der Waals surface area (Å²) in [5.41, 5.74) is 5.69. The quantitative estimate of drug-likeness (QED) is 0.444. The summed E-state index contributed by atoms with van der Waals surface area (Å²) in [5.74, 6) is -1.87. The molecule has 2 atom stereocenters. The molecule has 0 radical (unpaired) electrons. The lowest BCUT2D eigenvalue weighted by molar-refractivity contribution is -0.127. The van der Waals surface area contributed by atoms with Crippen molar-refractivity contribution in [1.29, 1.82) is 0 Å². The van der Waals surface area contributed by atoms with E-state index < -0.39 is 39.0 Å². The Bertz CT molecular complexity index is 1370. The molecule has 0 aliphatic heterocycles. The summed E-state index contributed by atoms with van der Waals surface area (Å²) in [5, 5.41) is 0. The fraction of sp³-hybridized carbons (Fsp3) is 0.296. The number of rotatable bonds is 9. The van der Waals surface area contributed by atoms with Gasteiger partial charge in [-0.2, -0.15) is 0 Å². The molecule has 1 amide bonds. The number of nitrogens with one attached hydrogen (secondary N) is 1. The highest BCUT2D eigenvalue weighted by molar-refractivity contribution is 7.88. The van der Waals surface area contributed by atoms with E-state index in [2.05, 4.69) is 4.72 Å². The predicted octanol–water partition coefficient (Wildman–Crippen LogP) is 4.33. The Kier molecular flexibility index (Phi) is 7.42. The van der Waals surface area contributed by atoms with Crippen molar-refractivity contribution in [2.24, 2.45) is 11.1 Å². The number of halogens is 2. The maximum atomic E-state index is 15.9. The summed E-state index contributed by atoms with van der Waals surface area (Å²) in [6, 6.07) is 18.4. The van der Waals surface area contributed by atoms with Crippen molar-refractivity contribution in [2.75, 3.05) is 6.26 Å². The first-order valence-corrected chi connectivity index (χ1v) is 13.5. The first kappa shape index (κ1) is 25.8. The molecule has 1 aliphatic rings. The van der Waals surface area contributed by atoms with E-state index in [1.54, 1.807) is 24.3 Å². The van der Waals surface area contributed by atoms with Crippen molar-refractivity contribution >= 4 is 15.9 Å². The lowest BCUT2D eigenvalue weighted by atomic mass is 9.78. The van der Waals surface area contributed by atoms with Gasteiger partial charge in [0.05, 0.1) is 11.7 Å². The monoisotopic (exact) mass is 514 g/mol. The number of ether oxygens (including phenoxy) is 1. The fourth-order valence-electron chi connectivity index (χ4n) is 4.86. The Morgan fingerprint density at radius 2 is 1.75 bits per heavy atom. The highest BCUT2D eigenvalue weighted by Crippen LogP contribution is 2.43. The van der Waals surface area contributed by atoms with Gasteiger partial charge in [-0.25, -0.2) is 21.9 Å². The maximum Gasteiger partial charge on any atom is 0.224 e. The van der Waals surface area contributed by atoms with Crippen molar-refractivity contribution in [2.45, 2.75) is 38.3 Å². The minimum absolute atomic E-state index is 0.0648. The zero-order valence-corrected chi connectivity index (χ0v) is 20.7. The van der Waals surface area contributed by atoms with E-state index in [0.29, 0.717) is 17.7 Å². The largest absolute Gasteiger partial charge is 0.488 e. The number of primary amides is 1. The third kappa shape index (κ3) is 5.74. The second-order valence-corrected chi connectivity index (χ2v) is 11.1. The van der Waals surface area contributed by atoms with Gasteiger partial charge in [0.25, 0.3) is 0 Å². The number of para-hydroxylation sites is 1. The highest BCUT2D eigenvalue weighted by Gasteiger charge is 2.45. The summed E-state index contributed by atoms with van der Waals surface area (Å²) < 4.78 is 62.5. The third-order valence-corrected chi connectivity index (χ3v) is 7.39. The Labute approximate surface area is 209 Å². The van der Waals surface area contributed by atoms with Crippen LogP contribution < -0.4 is 15.2 Å². The topological polar surface area (TPSA) is 98.5 Å². The van der Waals surface area contributed by atoms with Crippen LogP contribution in [0.3, 0.4) is 0 Å². The molecule has 0 bridgehead atoms. The molecule has 190 valence electrons. The van der Waals surface area contributed by atoms with Gasteiger partial charge < -0.3 is 10.5 Å². The molecule has 0 aromatic heterocycles. The zero-order chi connectivity index (χ0) is 25.9. The third-order valence-electron chi connectivity index (χ3n) is 6.63. The summed E-state index contributed by atoms with van der Waals surface area (Å²) in [7, 11) is -3.51. The van der Waals surface area contributed by atoms with Crippen LogP contribution in [0, 0.1) is 17.0 Å². The molecule has 36 heavy (non-hydrogen) atoms. The van der Waals surface area contributed by atoms with Crippen LogP contribution >= 0.6 is 0 Å². The molecule has 0 saturated heterocycles. The van der Waals surface area contributed by atoms with Crippen LogP contribution in [0.5, 0.6) is 5.75 Å². The molecule has 1 saturated carbocycles. The first-order chi connectivity index (χ1) is 17.1. The van der Waals surface area contributed by atoms with E-state index in [4.69, 9.17) is 10.5 Å². The fourth-order valence-corrected chi connectivity index (χ4v) is 5.66. The number of benzene rings is 3. The number of nitrogens with two attached hydrogens (primary N) is 1. The van der Waals surface area contributed by atoms with E-state index >= 15 is 4.39 Å². The minimum atomic E-state index is -3.51. The molecule has 1 aliphatic carbocycles. The van der Waals surface area contributed by atoms with Crippen molar-refractivity contribution in [3.05, 3.63) is 89.5 Å². The zero-order valence-electron chi connectivity index (χ0n) is 19.8. The smallest absolute Gasteiger partial charge is 0.224 e. The van der Waals surface area contributed by atoms with Crippen LogP contribution in [-0.2, 0) is 27.8 Å². The van der Waals surface area contributed by atoms with Crippen LogP contribution in [0.15, 0.2) is 66.7 Å². The Balaban J connectivity index is 1.65. The van der Waals surface area contributed by atoms with Gasteiger partial charge in [0.15, 0.2) is 0 Å². The van der Waals surface area contributed by atoms with Crippen molar-refractivity contribution < 1.29 is 26.7 Å². The molecular weight excluding hydrogens is 486 g/mol. The molecule has 0 heterocycles. The number of hydrogen-bond donors (Lipinski definition) is 2. The molecule has 9 heteroatoms. The predicted molar refractivity (Wildman–Crippen MR) is 134 cm³/mol. The number of carbonyl (C=O) groups is 1. The molecule has 0 unspecified atom stereocenters. The summed E-state index contributed by atoms with van der Waals surface area (Å²) >= 11 is 0. The molecule has 3 N–H and O–H groups in total. The Hall–Kier alpha value is -3.30. The van der Waals surface area contributed by atoms with Crippen LogP contribution in [0.4, 0.5) is 8.78 Å². The lowest BCUT2D eigenvalue weighted by Gasteiger charge is -2.27. The Morgan fingerprint density at radius 1 is 1.06 bits per heavy atom. The van der Waals surface area contributed by atoms with E-state index in [0.717, 1.165) is 17.9 Å². The summed E-state index contributed by atoms with van der Waals surface area (Å²) in [4.78, 5) is 12.5. The van der Waals surface area contributed by atoms with E-state index in [1.807, 2.05) is 30.3 Å². The van der Waals surface area contributed by atoms with Gasteiger partial charge in [-0.05, 0) is 49.4 Å². The van der Waals surface area contributed by atoms with Crippen LogP contribution in [0.1, 0.15) is 30.4 Å². The molecule has 0 spiro atoms. The molecule has 6 nitrogen and oxygen atoms in total. The average Bonchev–Trinajstić information content (AvgIpc) is 3.24. The standard InChI is InChI=1S/C27H28F2N2O4S/c1-36(33,34)31-19-13-14-27(15-19,26(30)32)16-22-23(28)12-11-21(25(22)29)20-9-5-6-10-24(20)35-17-18-7-3-2-4-8-18/h2-12,19,31H,13-17H2,1H3,(H2,30,32)/t19-,27-/m0/s1. The normalized spacial score (nSPS) is 19.8. The number of sulfonamides is 1. The van der Waals surface area contributed by atoms with Gasteiger partial charge in [0.2, 0.25) is 15.9 Å².